The molecule has 0 unspecified atom stereocenters. The van der Waals surface area contributed by atoms with Gasteiger partial charge in [0.25, 0.3) is 15.7 Å². The maximum atomic E-state index is 13.0. The molecule has 2 rings (SSSR count). The third kappa shape index (κ3) is 3.74. The molecule has 0 heterocycles. The van der Waals surface area contributed by atoms with Gasteiger partial charge in [0, 0.05) is 6.07 Å². The zero-order valence-electron chi connectivity index (χ0n) is 12.9. The van der Waals surface area contributed by atoms with E-state index in [0.717, 1.165) is 24.3 Å². The van der Waals surface area contributed by atoms with Crippen molar-refractivity contribution in [2.45, 2.75) is 11.8 Å². The summed E-state index contributed by atoms with van der Waals surface area (Å²) in [5, 5.41) is 20.1. The summed E-state index contributed by atoms with van der Waals surface area (Å²) in [6.45, 7) is 0.379. The van der Waals surface area contributed by atoms with Crippen LogP contribution in [0.1, 0.15) is 5.56 Å². The maximum Gasteiger partial charge on any atom is 0.324 e. The number of hydrogen-bond donors (Lipinski definition) is 1. The SMILES string of the molecule is Cc1c(N(CC(=O)O)S(=O)(=O)c2ccc(F)cc2)cccc1[N+](=O)[O-]. The Morgan fingerprint density at radius 1 is 1.24 bits per heavy atom. The van der Waals surface area contributed by atoms with E-state index in [9.17, 15) is 27.7 Å². The number of halogens is 1. The number of sulfonamides is 1. The molecule has 0 aliphatic heterocycles. The quantitative estimate of drug-likeness (QED) is 0.617. The third-order valence-electron chi connectivity index (χ3n) is 3.42. The summed E-state index contributed by atoms with van der Waals surface area (Å²) in [4.78, 5) is 21.2. The van der Waals surface area contributed by atoms with Crippen LogP contribution in [-0.2, 0) is 14.8 Å². The molecule has 0 aromatic heterocycles. The van der Waals surface area contributed by atoms with Crippen molar-refractivity contribution < 1.29 is 27.6 Å². The number of rotatable bonds is 6. The van der Waals surface area contributed by atoms with Crippen LogP contribution in [0.4, 0.5) is 15.8 Å². The molecular formula is C15H13FN2O6S. The van der Waals surface area contributed by atoms with Gasteiger partial charge in [-0.3, -0.25) is 19.2 Å². The Morgan fingerprint density at radius 3 is 2.36 bits per heavy atom. The maximum absolute atomic E-state index is 13.0. The topological polar surface area (TPSA) is 118 Å². The van der Waals surface area contributed by atoms with E-state index in [1.165, 1.54) is 25.1 Å². The summed E-state index contributed by atoms with van der Waals surface area (Å²) in [7, 11) is -4.37. The standard InChI is InChI=1S/C15H13FN2O6S/c1-10-13(3-2-4-14(10)18(21)22)17(9-15(19)20)25(23,24)12-7-5-11(16)6-8-12/h2-8H,9H2,1H3,(H,19,20). The number of carboxylic acids is 1. The van der Waals surface area contributed by atoms with Gasteiger partial charge in [0.05, 0.1) is 21.1 Å². The Kier molecular flexibility index (Phi) is 5.02. The van der Waals surface area contributed by atoms with Gasteiger partial charge in [-0.25, -0.2) is 12.8 Å². The minimum Gasteiger partial charge on any atom is -0.480 e. The second kappa shape index (κ2) is 6.85. The van der Waals surface area contributed by atoms with E-state index < -0.39 is 33.3 Å². The zero-order chi connectivity index (χ0) is 18.8. The van der Waals surface area contributed by atoms with Gasteiger partial charge in [-0.1, -0.05) is 6.07 Å². The summed E-state index contributed by atoms with van der Waals surface area (Å²) in [5.41, 5.74) is -0.484. The Labute approximate surface area is 142 Å². The molecule has 0 bridgehead atoms. The molecule has 8 nitrogen and oxygen atoms in total. The molecule has 0 aliphatic rings. The summed E-state index contributed by atoms with van der Waals surface area (Å²) >= 11 is 0. The molecule has 25 heavy (non-hydrogen) atoms. The molecule has 0 amide bonds. The lowest BCUT2D eigenvalue weighted by atomic mass is 10.1. The molecule has 0 saturated heterocycles. The summed E-state index contributed by atoms with van der Waals surface area (Å²) in [5.74, 6) is -2.10. The van der Waals surface area contributed by atoms with Crippen LogP contribution in [0.15, 0.2) is 47.4 Å². The van der Waals surface area contributed by atoms with Crippen LogP contribution >= 0.6 is 0 Å². The number of carboxylic acid groups (broad SMARTS) is 1. The molecule has 2 aromatic rings. The second-order valence-electron chi connectivity index (χ2n) is 5.04. The molecule has 0 spiro atoms. The van der Waals surface area contributed by atoms with Crippen molar-refractivity contribution >= 4 is 27.4 Å². The van der Waals surface area contributed by atoms with E-state index in [1.807, 2.05) is 0 Å². The fourth-order valence-corrected chi connectivity index (χ4v) is 3.71. The Morgan fingerprint density at radius 2 is 1.84 bits per heavy atom. The molecule has 0 fully saturated rings. The molecule has 0 atom stereocenters. The minimum absolute atomic E-state index is 0.000522. The Bertz CT molecular complexity index is 928. The van der Waals surface area contributed by atoms with E-state index in [2.05, 4.69) is 0 Å². The molecule has 0 saturated carbocycles. The van der Waals surface area contributed by atoms with Crippen molar-refractivity contribution in [2.75, 3.05) is 10.8 Å². The van der Waals surface area contributed by atoms with Crippen LogP contribution in [0.3, 0.4) is 0 Å². The number of nitrogens with zero attached hydrogens (tertiary/aromatic N) is 2. The highest BCUT2D eigenvalue weighted by molar-refractivity contribution is 7.92. The van der Waals surface area contributed by atoms with Gasteiger partial charge in [0.1, 0.15) is 12.4 Å². The van der Waals surface area contributed by atoms with Crippen molar-refractivity contribution in [2.24, 2.45) is 0 Å². The first kappa shape index (κ1) is 18.3. The van der Waals surface area contributed by atoms with Gasteiger partial charge in [-0.05, 0) is 37.3 Å². The van der Waals surface area contributed by atoms with Crippen LogP contribution < -0.4 is 4.31 Å². The normalized spacial score (nSPS) is 11.1. The summed E-state index contributed by atoms with van der Waals surface area (Å²) < 4.78 is 39.2. The van der Waals surface area contributed by atoms with Crippen LogP contribution in [0, 0.1) is 22.9 Å². The monoisotopic (exact) mass is 368 g/mol. The van der Waals surface area contributed by atoms with Crippen molar-refractivity contribution in [1.29, 1.82) is 0 Å². The average molecular weight is 368 g/mol. The van der Waals surface area contributed by atoms with Crippen molar-refractivity contribution in [3.63, 3.8) is 0 Å². The lowest BCUT2D eigenvalue weighted by Crippen LogP contribution is -2.36. The first-order chi connectivity index (χ1) is 11.6. The first-order valence-corrected chi connectivity index (χ1v) is 8.32. The number of nitro groups is 1. The first-order valence-electron chi connectivity index (χ1n) is 6.88. The molecule has 1 N–H and O–H groups in total. The Hall–Kier alpha value is -3.01. The summed E-state index contributed by atoms with van der Waals surface area (Å²) in [6, 6.07) is 7.54. The van der Waals surface area contributed by atoms with Crippen LogP contribution in [0.5, 0.6) is 0 Å². The van der Waals surface area contributed by atoms with E-state index >= 15 is 0 Å². The lowest BCUT2D eigenvalue weighted by Gasteiger charge is -2.24. The second-order valence-corrected chi connectivity index (χ2v) is 6.90. The smallest absolute Gasteiger partial charge is 0.324 e. The van der Waals surface area contributed by atoms with Crippen molar-refractivity contribution in [3.05, 3.63) is 64.0 Å². The van der Waals surface area contributed by atoms with E-state index in [-0.39, 0.29) is 21.8 Å². The van der Waals surface area contributed by atoms with Crippen molar-refractivity contribution in [1.82, 2.24) is 0 Å². The predicted molar refractivity (Wildman–Crippen MR) is 86.4 cm³/mol. The number of aliphatic carboxylic acids is 1. The average Bonchev–Trinajstić information content (AvgIpc) is 2.53. The van der Waals surface area contributed by atoms with E-state index in [0.29, 0.717) is 4.31 Å². The van der Waals surface area contributed by atoms with Crippen molar-refractivity contribution in [3.8, 4) is 0 Å². The van der Waals surface area contributed by atoms with Gasteiger partial charge in [-0.2, -0.15) is 0 Å². The number of anilines is 1. The van der Waals surface area contributed by atoms with E-state index in [1.54, 1.807) is 0 Å². The van der Waals surface area contributed by atoms with Gasteiger partial charge in [-0.15, -0.1) is 0 Å². The van der Waals surface area contributed by atoms with Crippen LogP contribution in [0.25, 0.3) is 0 Å². The molecule has 132 valence electrons. The molecule has 2 aromatic carbocycles. The predicted octanol–water partition coefficient (Wildman–Crippen LogP) is 2.32. The van der Waals surface area contributed by atoms with Gasteiger partial charge in [0.2, 0.25) is 0 Å². The number of carbonyl (C=O) groups is 1. The molecule has 10 heteroatoms. The van der Waals surface area contributed by atoms with E-state index in [4.69, 9.17) is 5.11 Å². The molecular weight excluding hydrogens is 355 g/mol. The fourth-order valence-electron chi connectivity index (χ4n) is 2.24. The molecule has 0 aliphatic carbocycles. The fraction of sp³-hybridized carbons (Fsp3) is 0.133. The summed E-state index contributed by atoms with van der Waals surface area (Å²) in [6.07, 6.45) is 0. The van der Waals surface area contributed by atoms with Gasteiger partial charge >= 0.3 is 5.97 Å². The highest BCUT2D eigenvalue weighted by Crippen LogP contribution is 2.32. The zero-order valence-corrected chi connectivity index (χ0v) is 13.7. The lowest BCUT2D eigenvalue weighted by molar-refractivity contribution is -0.385. The van der Waals surface area contributed by atoms with Crippen LogP contribution in [0.2, 0.25) is 0 Å². The number of hydrogen-bond acceptors (Lipinski definition) is 5. The highest BCUT2D eigenvalue weighted by atomic mass is 32.2. The largest absolute Gasteiger partial charge is 0.480 e. The molecule has 0 radical (unpaired) electrons. The minimum atomic E-state index is -4.37. The number of nitro benzene ring substituents is 1. The van der Waals surface area contributed by atoms with Gasteiger partial charge in [0.15, 0.2) is 0 Å². The van der Waals surface area contributed by atoms with Gasteiger partial charge < -0.3 is 5.11 Å². The van der Waals surface area contributed by atoms with Crippen LogP contribution in [-0.4, -0.2) is 31.0 Å². The Balaban J connectivity index is 2.65. The number of benzene rings is 2. The third-order valence-corrected chi connectivity index (χ3v) is 5.20. The highest BCUT2D eigenvalue weighted by Gasteiger charge is 2.30.